The lowest BCUT2D eigenvalue weighted by atomic mass is 9.67. The van der Waals surface area contributed by atoms with Crippen molar-refractivity contribution in [1.29, 1.82) is 0 Å². The van der Waals surface area contributed by atoms with E-state index in [1.54, 1.807) is 11.1 Å². The minimum Gasteiger partial charge on any atom is -0.399 e. The second-order valence-electron chi connectivity index (χ2n) is 43.5. The molecule has 4 nitrogen and oxygen atoms in total. The van der Waals surface area contributed by atoms with Crippen LogP contribution in [-0.2, 0) is 24.0 Å². The summed E-state index contributed by atoms with van der Waals surface area (Å²) in [5.41, 5.74) is 7.53. The topological polar surface area (TPSA) is 36.9 Å². The fraction of sp³-hybridized carbons (Fsp3) is 0.901. The fourth-order valence-corrected chi connectivity index (χ4v) is 24.0. The van der Waals surface area contributed by atoms with Crippen molar-refractivity contribution in [3.8, 4) is 11.1 Å². The van der Waals surface area contributed by atoms with Crippen molar-refractivity contribution in [3.63, 3.8) is 0 Å². The molecule has 6 heteroatoms. The van der Waals surface area contributed by atoms with Crippen LogP contribution in [0.5, 0.6) is 0 Å². The van der Waals surface area contributed by atoms with Gasteiger partial charge in [-0.25, -0.2) is 0 Å². The van der Waals surface area contributed by atoms with Gasteiger partial charge in [-0.15, -0.1) is 0 Å². The molecular formula is C121H224B2O4. The molecule has 2 saturated heterocycles. The maximum atomic E-state index is 8.47. The van der Waals surface area contributed by atoms with Crippen LogP contribution < -0.4 is 10.9 Å². The molecule has 3 aliphatic rings. The van der Waals surface area contributed by atoms with Gasteiger partial charge in [0.15, 0.2) is 0 Å². The summed E-state index contributed by atoms with van der Waals surface area (Å²) in [4.78, 5) is 0. The molecule has 0 spiro atoms. The van der Waals surface area contributed by atoms with Crippen molar-refractivity contribution in [2.45, 2.75) is 701 Å². The van der Waals surface area contributed by atoms with Crippen LogP contribution in [0.15, 0.2) is 36.4 Å². The second-order valence-corrected chi connectivity index (χ2v) is 43.5. The lowest BCUT2D eigenvalue weighted by molar-refractivity contribution is -0.0770. The molecule has 5 rings (SSSR count). The highest BCUT2D eigenvalue weighted by Crippen LogP contribution is 2.57. The first kappa shape index (κ1) is 116. The van der Waals surface area contributed by atoms with E-state index in [2.05, 4.69) is 106 Å². The van der Waals surface area contributed by atoms with Crippen LogP contribution in [0.4, 0.5) is 0 Å². The lowest BCUT2D eigenvalue weighted by Crippen LogP contribution is -2.52. The number of fused-ring (bicyclic) bond motifs is 3. The molecule has 2 aliphatic heterocycles. The van der Waals surface area contributed by atoms with Crippen LogP contribution in [0, 0.1) is 0 Å². The smallest absolute Gasteiger partial charge is 0.399 e. The van der Waals surface area contributed by atoms with E-state index in [9.17, 15) is 0 Å². The molecule has 2 aromatic rings. The highest BCUT2D eigenvalue weighted by molar-refractivity contribution is 6.62. The predicted molar refractivity (Wildman–Crippen MR) is 569 cm³/mol. The van der Waals surface area contributed by atoms with Crippen molar-refractivity contribution in [3.05, 3.63) is 47.5 Å². The third-order valence-corrected chi connectivity index (χ3v) is 32.3. The minimum absolute atomic E-state index is 0.137. The van der Waals surface area contributed by atoms with E-state index < -0.39 is 0 Å². The average Bonchev–Trinajstić information content (AvgIpc) is 1.55. The van der Waals surface area contributed by atoms with Crippen LogP contribution in [-0.4, -0.2) is 36.6 Å². The number of hydrogen-bond donors (Lipinski definition) is 0. The Morgan fingerprint density at radius 1 is 0.157 bits per heavy atom. The van der Waals surface area contributed by atoms with Crippen LogP contribution >= 0.6 is 0 Å². The summed E-state index contributed by atoms with van der Waals surface area (Å²) < 4.78 is 33.9. The van der Waals surface area contributed by atoms with Crippen LogP contribution in [0.25, 0.3) is 11.1 Å². The zero-order valence-corrected chi connectivity index (χ0v) is 88.2. The summed E-state index contributed by atoms with van der Waals surface area (Å²) in [6.07, 6.45) is 125. The first-order chi connectivity index (χ1) is 62.7. The molecule has 127 heavy (non-hydrogen) atoms. The molecule has 0 N–H and O–H groups in total. The quantitative estimate of drug-likeness (QED) is 0.0489. The van der Waals surface area contributed by atoms with E-state index in [0.717, 1.165) is 51.4 Å². The summed E-state index contributed by atoms with van der Waals surface area (Å²) in [5.74, 6) is 0. The Labute approximate surface area is 797 Å². The van der Waals surface area contributed by atoms with Crippen LogP contribution in [0.1, 0.15) is 684 Å². The van der Waals surface area contributed by atoms with Gasteiger partial charge in [-0.2, -0.15) is 0 Å². The highest BCUT2D eigenvalue weighted by atomic mass is 16.7. The molecule has 2 fully saturated rings. The van der Waals surface area contributed by atoms with E-state index in [0.29, 0.717) is 0 Å². The third-order valence-electron chi connectivity index (χ3n) is 32.3. The van der Waals surface area contributed by atoms with E-state index in [1.807, 2.05) is 0 Å². The Morgan fingerprint density at radius 2 is 0.283 bits per heavy atom. The maximum Gasteiger partial charge on any atom is 0.494 e. The summed E-state index contributed by atoms with van der Waals surface area (Å²) >= 11 is 0. The molecule has 0 amide bonds. The Kier molecular flexibility index (Phi) is 70.7. The molecule has 0 radical (unpaired) electrons. The molecule has 0 saturated carbocycles. The zero-order chi connectivity index (χ0) is 90.7. The largest absolute Gasteiger partial charge is 0.494 e. The number of rotatable bonds is 96. The van der Waals surface area contributed by atoms with Crippen molar-refractivity contribution in [2.75, 3.05) is 0 Å². The molecule has 2 aromatic carbocycles. The van der Waals surface area contributed by atoms with Gasteiger partial charge in [0, 0.05) is 5.41 Å². The van der Waals surface area contributed by atoms with E-state index in [1.165, 1.54) is 574 Å². The fourth-order valence-electron chi connectivity index (χ4n) is 24.0. The van der Waals surface area contributed by atoms with E-state index in [4.69, 9.17) is 18.6 Å². The van der Waals surface area contributed by atoms with Gasteiger partial charge in [0.05, 0.1) is 22.4 Å². The monoisotopic (exact) mass is 1760 g/mol. The van der Waals surface area contributed by atoms with Gasteiger partial charge in [-0.3, -0.25) is 0 Å². The van der Waals surface area contributed by atoms with Gasteiger partial charge in [0.25, 0.3) is 0 Å². The number of benzene rings is 2. The van der Waals surface area contributed by atoms with E-state index >= 15 is 0 Å². The summed E-state index contributed by atoms with van der Waals surface area (Å²) in [6, 6.07) is 16.1. The van der Waals surface area contributed by atoms with Crippen LogP contribution in [0.3, 0.4) is 0 Å². The molecule has 1 aliphatic carbocycles. The molecule has 738 valence electrons. The molecule has 0 bridgehead atoms. The maximum absolute atomic E-state index is 8.47. The summed E-state index contributed by atoms with van der Waals surface area (Å²) in [5, 5.41) is 0. The standard InChI is InChI=1S/C121H224B2O4/c1-11-21-31-41-51-61-63-65-75-85-99-117(100-86-76-66-64-62-52-42-32-22-12-2)115-109-111(122-124-118(101-87-77-67-53-43-33-23-13-3,102-88-78-68-54-44-34-24-14-4)119(125-122,103-89-79-69-55-45-35-25-15-5)104-90-80-70-56-46-36-26-16-6)95-97-113(115)114-98-96-112(110-116(114)117)123-126-120(105-91-81-71-57-47-37-27-17-7,106-92-82-72-58-48-38-28-18-8)121(127-123,107-93-83-73-59-49-39-29-19-9)108-94-84-74-60-50-40-30-20-10/h95-98,109-110H,11-94,99-108H2,1-10H3. The molecular weight excluding hydrogens is 1540 g/mol. The zero-order valence-electron chi connectivity index (χ0n) is 88.2. The Bertz CT molecular complexity index is 2390. The highest BCUT2D eigenvalue weighted by Gasteiger charge is 2.63. The predicted octanol–water partition coefficient (Wildman–Crippen LogP) is 41.3. The van der Waals surface area contributed by atoms with Gasteiger partial charge in [0.2, 0.25) is 0 Å². The van der Waals surface area contributed by atoms with Crippen molar-refractivity contribution in [1.82, 2.24) is 0 Å². The minimum atomic E-state index is -0.367. The Hall–Kier alpha value is -1.59. The van der Waals surface area contributed by atoms with Gasteiger partial charge < -0.3 is 18.6 Å². The lowest BCUT2D eigenvalue weighted by Gasteiger charge is -2.46. The van der Waals surface area contributed by atoms with Gasteiger partial charge in [-0.1, -0.05) is 645 Å². The SMILES string of the molecule is CCCCCCCCCCCCC1(CCCCCCCCCCCC)c2cc(B3OC(CCCCCCCCCC)(CCCCCCCCCC)C(CCCCCCCCCC)(CCCCCCCCCC)O3)ccc2-c2ccc(B3OC(CCCCCCCCCC)(CCCCCCCCCC)C(CCCCCCCCCC)(CCCCCCCCCC)O3)cc21. The van der Waals surface area contributed by atoms with Crippen molar-refractivity contribution >= 4 is 25.2 Å². The van der Waals surface area contributed by atoms with Crippen molar-refractivity contribution < 1.29 is 18.6 Å². The van der Waals surface area contributed by atoms with Gasteiger partial charge >= 0.3 is 14.2 Å². The normalized spacial score (nSPS) is 15.4. The van der Waals surface area contributed by atoms with Crippen molar-refractivity contribution in [2.24, 2.45) is 0 Å². The Balaban J connectivity index is 1.78. The number of unbranched alkanes of at least 4 members (excludes halogenated alkanes) is 74. The third kappa shape index (κ3) is 46.4. The summed E-state index contributed by atoms with van der Waals surface area (Å²) in [6.45, 7) is 23.8. The summed E-state index contributed by atoms with van der Waals surface area (Å²) in [7, 11) is -0.734. The molecule has 0 unspecified atom stereocenters. The first-order valence-electron chi connectivity index (χ1n) is 59.7. The Morgan fingerprint density at radius 3 is 0.425 bits per heavy atom. The molecule has 0 aromatic heterocycles. The van der Waals surface area contributed by atoms with E-state index in [-0.39, 0.29) is 42.1 Å². The van der Waals surface area contributed by atoms with Gasteiger partial charge in [0.1, 0.15) is 0 Å². The van der Waals surface area contributed by atoms with Gasteiger partial charge in [-0.05, 0) is 97.4 Å². The molecule has 0 atom stereocenters. The molecule has 2 heterocycles. The first-order valence-corrected chi connectivity index (χ1v) is 59.7. The second kappa shape index (κ2) is 77.5. The van der Waals surface area contributed by atoms with Crippen LogP contribution in [0.2, 0.25) is 0 Å². The number of hydrogen-bond acceptors (Lipinski definition) is 4. The average molecular weight is 1760 g/mol.